The lowest BCUT2D eigenvalue weighted by molar-refractivity contribution is -0.126. The molecule has 0 radical (unpaired) electrons. The van der Waals surface area contributed by atoms with E-state index in [0.717, 1.165) is 10.6 Å². The number of rotatable bonds is 5. The molecule has 5 nitrogen and oxygen atoms in total. The summed E-state index contributed by atoms with van der Waals surface area (Å²) in [7, 11) is 0. The molecule has 0 aliphatic carbocycles. The number of aromatic hydroxyl groups is 1. The van der Waals surface area contributed by atoms with Gasteiger partial charge in [-0.2, -0.15) is 0 Å². The first-order valence-corrected chi connectivity index (χ1v) is 9.30. The number of phenols is 1. The van der Waals surface area contributed by atoms with E-state index in [2.05, 4.69) is 5.32 Å². The molecule has 3 rings (SSSR count). The van der Waals surface area contributed by atoms with Crippen LogP contribution in [0.5, 0.6) is 5.75 Å². The zero-order chi connectivity index (χ0) is 17.8. The topological polar surface area (TPSA) is 69.6 Å². The Morgan fingerprint density at radius 2 is 1.96 bits per heavy atom. The third-order valence-electron chi connectivity index (χ3n) is 4.32. The standard InChI is InChI=1S/C19H20N2O3S/c1-25-16-8-6-15(7-9-16)21-12-14(10-18(21)23)19(24)20-11-13-4-2-3-5-17(13)22/h2-9,14,22H,10-12H2,1H3,(H,20,24). The third kappa shape index (κ3) is 3.96. The largest absolute Gasteiger partial charge is 0.508 e. The van der Waals surface area contributed by atoms with Gasteiger partial charge in [0.15, 0.2) is 0 Å². The number of carbonyl (C=O) groups excluding carboxylic acids is 2. The van der Waals surface area contributed by atoms with Gasteiger partial charge in [0.05, 0.1) is 5.92 Å². The van der Waals surface area contributed by atoms with Gasteiger partial charge in [-0.1, -0.05) is 18.2 Å². The summed E-state index contributed by atoms with van der Waals surface area (Å²) in [5.41, 5.74) is 1.48. The van der Waals surface area contributed by atoms with Crippen LogP contribution in [0.15, 0.2) is 53.4 Å². The van der Waals surface area contributed by atoms with Gasteiger partial charge in [-0.25, -0.2) is 0 Å². The van der Waals surface area contributed by atoms with Crippen LogP contribution in [0.4, 0.5) is 5.69 Å². The van der Waals surface area contributed by atoms with Crippen molar-refractivity contribution in [3.63, 3.8) is 0 Å². The average molecular weight is 356 g/mol. The molecule has 0 spiro atoms. The van der Waals surface area contributed by atoms with Crippen molar-refractivity contribution < 1.29 is 14.7 Å². The number of nitrogens with one attached hydrogen (secondary N) is 1. The molecular formula is C19H20N2O3S. The molecule has 2 amide bonds. The van der Waals surface area contributed by atoms with Crippen molar-refractivity contribution in [1.29, 1.82) is 0 Å². The zero-order valence-corrected chi connectivity index (χ0v) is 14.8. The number of carbonyl (C=O) groups is 2. The van der Waals surface area contributed by atoms with E-state index in [1.54, 1.807) is 40.9 Å². The van der Waals surface area contributed by atoms with Gasteiger partial charge < -0.3 is 15.3 Å². The molecule has 1 fully saturated rings. The Morgan fingerprint density at radius 1 is 1.24 bits per heavy atom. The van der Waals surface area contributed by atoms with Gasteiger partial charge in [-0.05, 0) is 36.6 Å². The Balaban J connectivity index is 1.61. The van der Waals surface area contributed by atoms with Crippen LogP contribution in [-0.4, -0.2) is 29.7 Å². The van der Waals surface area contributed by atoms with Crippen LogP contribution >= 0.6 is 11.8 Å². The average Bonchev–Trinajstić information content (AvgIpc) is 3.03. The minimum Gasteiger partial charge on any atom is -0.508 e. The summed E-state index contributed by atoms with van der Waals surface area (Å²) >= 11 is 1.64. The number of phenolic OH excluding ortho intramolecular Hbond substituents is 1. The van der Waals surface area contributed by atoms with Crippen molar-refractivity contribution in [2.24, 2.45) is 5.92 Å². The number of hydrogen-bond donors (Lipinski definition) is 2. The van der Waals surface area contributed by atoms with Crippen molar-refractivity contribution >= 4 is 29.3 Å². The van der Waals surface area contributed by atoms with Crippen LogP contribution in [0.2, 0.25) is 0 Å². The van der Waals surface area contributed by atoms with E-state index < -0.39 is 0 Å². The van der Waals surface area contributed by atoms with E-state index in [1.165, 1.54) is 0 Å². The van der Waals surface area contributed by atoms with Crippen LogP contribution in [0, 0.1) is 5.92 Å². The quantitative estimate of drug-likeness (QED) is 0.809. The molecule has 2 aromatic rings. The summed E-state index contributed by atoms with van der Waals surface area (Å²) in [5, 5.41) is 12.6. The lowest BCUT2D eigenvalue weighted by atomic mass is 10.1. The Kier molecular flexibility index (Phi) is 5.28. The van der Waals surface area contributed by atoms with Gasteiger partial charge >= 0.3 is 0 Å². The number of benzene rings is 2. The van der Waals surface area contributed by atoms with Gasteiger partial charge in [-0.15, -0.1) is 11.8 Å². The zero-order valence-electron chi connectivity index (χ0n) is 13.9. The fraction of sp³-hybridized carbons (Fsp3) is 0.263. The van der Waals surface area contributed by atoms with Crippen LogP contribution in [0.25, 0.3) is 0 Å². The Bertz CT molecular complexity index is 776. The molecule has 1 aliphatic rings. The normalized spacial score (nSPS) is 16.9. The first kappa shape index (κ1) is 17.4. The van der Waals surface area contributed by atoms with Crippen molar-refractivity contribution in [3.05, 3.63) is 54.1 Å². The minimum atomic E-state index is -0.376. The van der Waals surface area contributed by atoms with Crippen LogP contribution in [-0.2, 0) is 16.1 Å². The monoisotopic (exact) mass is 356 g/mol. The second-order valence-electron chi connectivity index (χ2n) is 5.95. The Hall–Kier alpha value is -2.47. The van der Waals surface area contributed by atoms with Crippen LogP contribution < -0.4 is 10.2 Å². The predicted octanol–water partition coefficient (Wildman–Crippen LogP) is 2.78. The number of para-hydroxylation sites is 1. The molecule has 1 heterocycles. The van der Waals surface area contributed by atoms with Crippen molar-refractivity contribution in [1.82, 2.24) is 5.32 Å². The SMILES string of the molecule is CSc1ccc(N2CC(C(=O)NCc3ccccc3O)CC2=O)cc1. The smallest absolute Gasteiger partial charge is 0.227 e. The number of thioether (sulfide) groups is 1. The van der Waals surface area contributed by atoms with Crippen molar-refractivity contribution in [2.75, 3.05) is 17.7 Å². The molecule has 6 heteroatoms. The molecule has 2 N–H and O–H groups in total. The molecule has 1 saturated heterocycles. The van der Waals surface area contributed by atoms with Crippen molar-refractivity contribution in [2.45, 2.75) is 17.9 Å². The predicted molar refractivity (Wildman–Crippen MR) is 98.6 cm³/mol. The summed E-state index contributed by atoms with van der Waals surface area (Å²) in [5.74, 6) is -0.432. The maximum absolute atomic E-state index is 12.4. The first-order chi connectivity index (χ1) is 12.1. The molecule has 2 aromatic carbocycles. The molecule has 1 aliphatic heterocycles. The second-order valence-corrected chi connectivity index (χ2v) is 6.83. The number of nitrogens with zero attached hydrogens (tertiary/aromatic N) is 1. The highest BCUT2D eigenvalue weighted by Gasteiger charge is 2.35. The summed E-state index contributed by atoms with van der Waals surface area (Å²) in [6.07, 6.45) is 2.21. The maximum Gasteiger partial charge on any atom is 0.227 e. The second kappa shape index (κ2) is 7.61. The van der Waals surface area contributed by atoms with E-state index in [0.29, 0.717) is 12.1 Å². The van der Waals surface area contributed by atoms with Gasteiger partial charge in [0.2, 0.25) is 11.8 Å². The number of hydrogen-bond acceptors (Lipinski definition) is 4. The highest BCUT2D eigenvalue weighted by molar-refractivity contribution is 7.98. The lowest BCUT2D eigenvalue weighted by Gasteiger charge is -2.17. The van der Waals surface area contributed by atoms with Gasteiger partial charge in [0.25, 0.3) is 0 Å². The van der Waals surface area contributed by atoms with E-state index in [9.17, 15) is 14.7 Å². The fourth-order valence-corrected chi connectivity index (χ4v) is 3.29. The van der Waals surface area contributed by atoms with E-state index >= 15 is 0 Å². The van der Waals surface area contributed by atoms with Gasteiger partial charge in [-0.3, -0.25) is 9.59 Å². The van der Waals surface area contributed by atoms with Gasteiger partial charge in [0.1, 0.15) is 5.75 Å². The summed E-state index contributed by atoms with van der Waals surface area (Å²) in [4.78, 5) is 27.4. The summed E-state index contributed by atoms with van der Waals surface area (Å²) in [6.45, 7) is 0.628. The highest BCUT2D eigenvalue weighted by atomic mass is 32.2. The van der Waals surface area contributed by atoms with Crippen LogP contribution in [0.3, 0.4) is 0 Å². The molecule has 0 saturated carbocycles. The molecule has 0 aromatic heterocycles. The number of amides is 2. The molecule has 130 valence electrons. The molecular weight excluding hydrogens is 336 g/mol. The lowest BCUT2D eigenvalue weighted by Crippen LogP contribution is -2.32. The molecule has 0 bridgehead atoms. The fourth-order valence-electron chi connectivity index (χ4n) is 2.88. The van der Waals surface area contributed by atoms with Gasteiger partial charge in [0, 0.05) is 35.7 Å². The Morgan fingerprint density at radius 3 is 2.64 bits per heavy atom. The number of anilines is 1. The summed E-state index contributed by atoms with van der Waals surface area (Å²) in [6, 6.07) is 14.6. The molecule has 25 heavy (non-hydrogen) atoms. The summed E-state index contributed by atoms with van der Waals surface area (Å²) < 4.78 is 0. The molecule has 1 atom stereocenters. The van der Waals surface area contributed by atoms with E-state index in [1.807, 2.05) is 30.5 Å². The minimum absolute atomic E-state index is 0.0420. The van der Waals surface area contributed by atoms with Crippen molar-refractivity contribution in [3.8, 4) is 5.75 Å². The Labute approximate surface area is 151 Å². The molecule has 1 unspecified atom stereocenters. The maximum atomic E-state index is 12.4. The van der Waals surface area contributed by atoms with E-state index in [4.69, 9.17) is 0 Å². The third-order valence-corrected chi connectivity index (χ3v) is 5.07. The van der Waals surface area contributed by atoms with E-state index in [-0.39, 0.29) is 36.4 Å². The first-order valence-electron chi connectivity index (χ1n) is 8.07. The highest BCUT2D eigenvalue weighted by Crippen LogP contribution is 2.27. The van der Waals surface area contributed by atoms with Crippen LogP contribution in [0.1, 0.15) is 12.0 Å².